The van der Waals surface area contributed by atoms with Crippen LogP contribution in [-0.4, -0.2) is 66.5 Å². The number of hydrogen-bond acceptors (Lipinski definition) is 3. The van der Waals surface area contributed by atoms with Crippen molar-refractivity contribution in [3.63, 3.8) is 0 Å². The normalized spacial score (nSPS) is 23.9. The minimum atomic E-state index is -5.09. The van der Waals surface area contributed by atoms with Gasteiger partial charge in [0.1, 0.15) is 5.82 Å². The average molecular weight is 611 g/mol. The summed E-state index contributed by atoms with van der Waals surface area (Å²) in [7, 11) is 1.34. The molecule has 5 nitrogen and oxygen atoms in total. The molecule has 2 aromatic carbocycles. The lowest BCUT2D eigenvalue weighted by Gasteiger charge is -2.51. The molecule has 2 amide bonds. The Hall–Kier alpha value is -2.70. The molecule has 2 saturated heterocycles. The first-order chi connectivity index (χ1) is 18.6. The molecule has 0 spiro atoms. The van der Waals surface area contributed by atoms with Gasteiger partial charge in [-0.15, -0.1) is 12.4 Å². The predicted molar refractivity (Wildman–Crippen MR) is 140 cm³/mol. The number of piperidine rings is 2. The Labute approximate surface area is 239 Å². The zero-order chi connectivity index (χ0) is 29.5. The fraction of sp³-hybridized carbons (Fsp3) is 0.500. The van der Waals surface area contributed by atoms with Gasteiger partial charge in [-0.2, -0.15) is 26.3 Å². The summed E-state index contributed by atoms with van der Waals surface area (Å²) in [6.07, 6.45) is -8.41. The molecule has 226 valence electrons. The summed E-state index contributed by atoms with van der Waals surface area (Å²) >= 11 is 0. The molecule has 0 saturated carbocycles. The summed E-state index contributed by atoms with van der Waals surface area (Å²) in [6, 6.07) is 5.77. The molecule has 0 aliphatic carbocycles. The Morgan fingerprint density at radius 3 is 1.93 bits per heavy atom. The van der Waals surface area contributed by atoms with Gasteiger partial charge >= 0.3 is 18.3 Å². The Balaban J connectivity index is 0.00000462. The van der Waals surface area contributed by atoms with E-state index in [9.17, 15) is 40.3 Å². The molecule has 0 bridgehead atoms. The Morgan fingerprint density at radius 1 is 0.902 bits per heavy atom. The number of halogens is 8. The van der Waals surface area contributed by atoms with Crippen LogP contribution in [0.1, 0.15) is 59.2 Å². The van der Waals surface area contributed by atoms with Crippen molar-refractivity contribution in [2.45, 2.75) is 56.5 Å². The molecular weight excluding hydrogens is 579 g/mol. The zero-order valence-corrected chi connectivity index (χ0v) is 23.3. The number of carbonyl (C=O) groups is 2. The zero-order valence-electron chi connectivity index (χ0n) is 22.5. The highest BCUT2D eigenvalue weighted by Crippen LogP contribution is 2.40. The van der Waals surface area contributed by atoms with Crippen LogP contribution in [-0.2, 0) is 17.1 Å². The Morgan fingerprint density at radius 2 is 1.44 bits per heavy atom. The Bertz CT molecular complexity index is 1210. The van der Waals surface area contributed by atoms with E-state index in [1.807, 2.05) is 0 Å². The molecule has 2 aromatic rings. The number of carbonyl (C=O) groups excluding carboxylic acids is 2. The molecule has 4 rings (SSSR count). The third-order valence-electron chi connectivity index (χ3n) is 8.40. The van der Waals surface area contributed by atoms with Crippen LogP contribution in [0.5, 0.6) is 0 Å². The van der Waals surface area contributed by atoms with Gasteiger partial charge < -0.3 is 10.2 Å². The highest BCUT2D eigenvalue weighted by Gasteiger charge is 2.50. The van der Waals surface area contributed by atoms with E-state index >= 15 is 0 Å². The minimum Gasteiger partial charge on any atom is -0.338 e. The molecule has 2 aliphatic rings. The van der Waals surface area contributed by atoms with E-state index in [-0.39, 0.29) is 47.9 Å². The second-order valence-corrected chi connectivity index (χ2v) is 10.7. The molecule has 13 heteroatoms. The van der Waals surface area contributed by atoms with Gasteiger partial charge in [0.25, 0.3) is 5.91 Å². The van der Waals surface area contributed by atoms with Crippen LogP contribution < -0.4 is 5.32 Å². The number of benzene rings is 2. The van der Waals surface area contributed by atoms with Gasteiger partial charge in [0.05, 0.1) is 43.1 Å². The first kappa shape index (κ1) is 32.8. The maximum Gasteiger partial charge on any atom is 0.416 e. The second-order valence-electron chi connectivity index (χ2n) is 10.7. The number of alkyl halides is 6. The molecular formula is C28H32ClF7N3O2+. The average Bonchev–Trinajstić information content (AvgIpc) is 2.91. The van der Waals surface area contributed by atoms with Crippen LogP contribution in [0.2, 0.25) is 0 Å². The first-order valence-electron chi connectivity index (χ1n) is 13.0. The van der Waals surface area contributed by atoms with Crippen LogP contribution >= 0.6 is 12.4 Å². The fourth-order valence-corrected chi connectivity index (χ4v) is 6.24. The summed E-state index contributed by atoms with van der Waals surface area (Å²) in [5.41, 5.74) is -3.26. The summed E-state index contributed by atoms with van der Waals surface area (Å²) in [4.78, 5) is 27.8. The second kappa shape index (κ2) is 12.3. The molecule has 0 aromatic heterocycles. The third-order valence-corrected chi connectivity index (χ3v) is 8.40. The van der Waals surface area contributed by atoms with Crippen molar-refractivity contribution in [3.05, 3.63) is 70.5 Å². The number of hydrogen-bond donors (Lipinski definition) is 1. The maximum atomic E-state index is 13.8. The van der Waals surface area contributed by atoms with Crippen LogP contribution in [0.15, 0.2) is 42.5 Å². The molecule has 1 N–H and O–H groups in total. The highest BCUT2D eigenvalue weighted by molar-refractivity contribution is 5.95. The standard InChI is InChI=1S/C28H31F7N3O2.ClH/c1-17(39)38(23-7-10-36-11-8-23)12-9-25(24(16-38)18-3-5-22(29)6-4-18)37(2)26(40)19-13-20(27(30,31)32)15-21(14-19)28(33,34)35;/h3-6,13-15,23-25,36H,7-12,16H2,1-2H3;1H/q+1;/t24-,25+,38?;/m0./s1. The van der Waals surface area contributed by atoms with E-state index in [1.54, 1.807) is 12.1 Å². The minimum absolute atomic E-state index is 0. The molecule has 41 heavy (non-hydrogen) atoms. The lowest BCUT2D eigenvalue weighted by atomic mass is 9.81. The number of likely N-dealkylation sites (N-methyl/N-ethyl adjacent to an activating group) is 1. The largest absolute Gasteiger partial charge is 0.416 e. The van der Waals surface area contributed by atoms with Crippen molar-refractivity contribution in [1.29, 1.82) is 0 Å². The highest BCUT2D eigenvalue weighted by atomic mass is 35.5. The number of likely N-dealkylation sites (tertiary alicyclic amines) is 1. The number of quaternary nitrogens is 1. The van der Waals surface area contributed by atoms with Crippen molar-refractivity contribution in [3.8, 4) is 0 Å². The summed E-state index contributed by atoms with van der Waals surface area (Å²) in [5, 5.41) is 3.27. The van der Waals surface area contributed by atoms with Crippen LogP contribution in [0.4, 0.5) is 30.7 Å². The smallest absolute Gasteiger partial charge is 0.338 e. The number of rotatable bonds is 4. The van der Waals surface area contributed by atoms with Crippen molar-refractivity contribution < 1.29 is 44.8 Å². The SMILES string of the molecule is CC(=O)[N+]1(C2CCNCC2)CC[C@@H](N(C)C(=O)c2cc(C(F)(F)F)cc(C(F)(F)F)c2)[C@H](c2ccc(F)cc2)C1.Cl. The van der Waals surface area contributed by atoms with E-state index < -0.39 is 52.7 Å². The van der Waals surface area contributed by atoms with Crippen LogP contribution in [0.25, 0.3) is 0 Å². The third kappa shape index (κ3) is 6.86. The lowest BCUT2D eigenvalue weighted by molar-refractivity contribution is -0.887. The van der Waals surface area contributed by atoms with Crippen molar-refractivity contribution in [1.82, 2.24) is 10.2 Å². The fourth-order valence-electron chi connectivity index (χ4n) is 6.24. The van der Waals surface area contributed by atoms with Crippen LogP contribution in [0.3, 0.4) is 0 Å². The van der Waals surface area contributed by atoms with E-state index in [1.165, 1.54) is 31.0 Å². The van der Waals surface area contributed by atoms with Crippen molar-refractivity contribution in [2.24, 2.45) is 0 Å². The van der Waals surface area contributed by atoms with E-state index in [2.05, 4.69) is 5.32 Å². The van der Waals surface area contributed by atoms with E-state index in [0.29, 0.717) is 24.2 Å². The first-order valence-corrected chi connectivity index (χ1v) is 13.0. The molecule has 1 unspecified atom stereocenters. The monoisotopic (exact) mass is 610 g/mol. The topological polar surface area (TPSA) is 49.4 Å². The molecule has 2 aliphatic heterocycles. The number of nitrogens with one attached hydrogen (secondary N) is 1. The van der Waals surface area contributed by atoms with Gasteiger partial charge in [-0.1, -0.05) is 12.1 Å². The Kier molecular flexibility index (Phi) is 9.82. The summed E-state index contributed by atoms with van der Waals surface area (Å²) in [6.45, 7) is 3.61. The lowest BCUT2D eigenvalue weighted by Crippen LogP contribution is -2.67. The molecule has 2 heterocycles. The maximum absolute atomic E-state index is 13.8. The van der Waals surface area contributed by atoms with E-state index in [0.717, 1.165) is 25.9 Å². The summed E-state index contributed by atoms with van der Waals surface area (Å²) < 4.78 is 94.6. The van der Waals surface area contributed by atoms with Crippen LogP contribution in [0, 0.1) is 5.82 Å². The van der Waals surface area contributed by atoms with Gasteiger partial charge in [0.15, 0.2) is 0 Å². The quantitative estimate of drug-likeness (QED) is 0.340. The summed E-state index contributed by atoms with van der Waals surface area (Å²) in [5.74, 6) is -2.07. The number of amides is 2. The van der Waals surface area contributed by atoms with Gasteiger partial charge in [0.2, 0.25) is 0 Å². The molecule has 0 radical (unpaired) electrons. The van der Waals surface area contributed by atoms with Gasteiger partial charge in [-0.25, -0.2) is 9.18 Å². The van der Waals surface area contributed by atoms with Crippen molar-refractivity contribution >= 4 is 24.2 Å². The van der Waals surface area contributed by atoms with Gasteiger partial charge in [-0.3, -0.25) is 9.28 Å². The molecule has 3 atom stereocenters. The van der Waals surface area contributed by atoms with Gasteiger partial charge in [-0.05, 0) is 35.9 Å². The van der Waals surface area contributed by atoms with Gasteiger partial charge in [0, 0.05) is 51.0 Å². The molecule has 2 fully saturated rings. The van der Waals surface area contributed by atoms with E-state index in [4.69, 9.17) is 0 Å². The van der Waals surface area contributed by atoms with Crippen molar-refractivity contribution in [2.75, 3.05) is 33.2 Å². The predicted octanol–water partition coefficient (Wildman–Crippen LogP) is 6.03. The number of nitrogens with zero attached hydrogens (tertiary/aromatic N) is 2.